The van der Waals surface area contributed by atoms with Crippen molar-refractivity contribution in [1.29, 1.82) is 0 Å². The van der Waals surface area contributed by atoms with E-state index in [9.17, 15) is 4.79 Å². The maximum Gasteiger partial charge on any atom is 0.253 e. The number of piperidine rings is 1. The van der Waals surface area contributed by atoms with Gasteiger partial charge >= 0.3 is 0 Å². The molecule has 1 amide bonds. The van der Waals surface area contributed by atoms with Crippen LogP contribution in [-0.4, -0.2) is 41.2 Å². The van der Waals surface area contributed by atoms with E-state index in [1.54, 1.807) is 0 Å². The molecule has 1 aromatic rings. The Balaban J connectivity index is 1.64. The van der Waals surface area contributed by atoms with Gasteiger partial charge in [0, 0.05) is 41.7 Å². The van der Waals surface area contributed by atoms with Gasteiger partial charge in [-0.1, -0.05) is 15.9 Å². The molecule has 2 heterocycles. The quantitative estimate of drug-likeness (QED) is 0.785. The molecule has 2 fully saturated rings. The van der Waals surface area contributed by atoms with E-state index in [4.69, 9.17) is 4.74 Å². The fourth-order valence-electron chi connectivity index (χ4n) is 2.61. The van der Waals surface area contributed by atoms with Gasteiger partial charge in [0.2, 0.25) is 0 Å². The molecule has 0 atom stereocenters. The molecule has 3 nitrogen and oxygen atoms in total. The van der Waals surface area contributed by atoms with Gasteiger partial charge < -0.3 is 9.64 Å². The molecule has 1 spiro atoms. The molecule has 19 heavy (non-hydrogen) atoms. The van der Waals surface area contributed by atoms with Crippen molar-refractivity contribution in [2.24, 2.45) is 0 Å². The van der Waals surface area contributed by atoms with Gasteiger partial charge in [0.1, 0.15) is 4.93 Å². The molecule has 0 saturated carbocycles. The van der Waals surface area contributed by atoms with Gasteiger partial charge in [-0.25, -0.2) is 0 Å². The average molecular weight is 342 g/mol. The van der Waals surface area contributed by atoms with Crippen molar-refractivity contribution in [3.05, 3.63) is 34.3 Å². The van der Waals surface area contributed by atoms with E-state index >= 15 is 0 Å². The second-order valence-electron chi connectivity index (χ2n) is 4.91. The number of thioether (sulfide) groups is 1. The maximum absolute atomic E-state index is 12.4. The van der Waals surface area contributed by atoms with E-state index < -0.39 is 0 Å². The molecule has 2 aliphatic rings. The SMILES string of the molecule is O=C(c1ccc(Br)cc1)N1CCC2(CC1)OCCS2. The van der Waals surface area contributed by atoms with Gasteiger partial charge in [0.15, 0.2) is 0 Å². The summed E-state index contributed by atoms with van der Waals surface area (Å²) in [5, 5.41) is 0. The molecule has 0 bridgehead atoms. The molecule has 0 unspecified atom stereocenters. The molecule has 0 radical (unpaired) electrons. The van der Waals surface area contributed by atoms with Crippen LogP contribution < -0.4 is 0 Å². The Morgan fingerprint density at radius 3 is 2.53 bits per heavy atom. The van der Waals surface area contributed by atoms with E-state index in [0.29, 0.717) is 0 Å². The largest absolute Gasteiger partial charge is 0.363 e. The highest BCUT2D eigenvalue weighted by molar-refractivity contribution is 9.10. The second-order valence-corrected chi connectivity index (χ2v) is 7.26. The van der Waals surface area contributed by atoms with Gasteiger partial charge in [-0.15, -0.1) is 11.8 Å². The predicted molar refractivity (Wildman–Crippen MR) is 80.4 cm³/mol. The standard InChI is InChI=1S/C14H16BrNO2S/c15-12-3-1-11(2-4-12)13(17)16-7-5-14(6-8-16)18-9-10-19-14/h1-4H,5-10H2. The van der Waals surface area contributed by atoms with Gasteiger partial charge in [0.25, 0.3) is 5.91 Å². The van der Waals surface area contributed by atoms with Crippen LogP contribution in [0.15, 0.2) is 28.7 Å². The third kappa shape index (κ3) is 2.83. The van der Waals surface area contributed by atoms with Gasteiger partial charge in [-0.3, -0.25) is 4.79 Å². The topological polar surface area (TPSA) is 29.5 Å². The number of amides is 1. The molecule has 0 aliphatic carbocycles. The predicted octanol–water partition coefficient (Wildman–Crippen LogP) is 3.14. The summed E-state index contributed by atoms with van der Waals surface area (Å²) in [6.07, 6.45) is 1.89. The summed E-state index contributed by atoms with van der Waals surface area (Å²) in [5.41, 5.74) is 0.763. The molecule has 3 rings (SSSR count). The van der Waals surface area contributed by atoms with E-state index in [0.717, 1.165) is 48.3 Å². The highest BCUT2D eigenvalue weighted by Gasteiger charge is 2.40. The summed E-state index contributed by atoms with van der Waals surface area (Å²) in [6.45, 7) is 2.44. The molecule has 0 aromatic heterocycles. The molecule has 1 aromatic carbocycles. The number of carbonyl (C=O) groups is 1. The second kappa shape index (κ2) is 5.46. The summed E-state index contributed by atoms with van der Waals surface area (Å²) in [5.74, 6) is 1.21. The number of benzene rings is 1. The summed E-state index contributed by atoms with van der Waals surface area (Å²) in [7, 11) is 0. The Morgan fingerprint density at radius 1 is 1.26 bits per heavy atom. The van der Waals surface area contributed by atoms with E-state index in [1.807, 2.05) is 40.9 Å². The number of halogens is 1. The Morgan fingerprint density at radius 2 is 1.95 bits per heavy atom. The fraction of sp³-hybridized carbons (Fsp3) is 0.500. The first-order chi connectivity index (χ1) is 9.19. The first-order valence-electron chi connectivity index (χ1n) is 6.51. The van der Waals surface area contributed by atoms with Gasteiger partial charge in [0.05, 0.1) is 6.61 Å². The smallest absolute Gasteiger partial charge is 0.253 e. The first kappa shape index (κ1) is 13.5. The van der Waals surface area contributed by atoms with Crippen LogP contribution in [0.1, 0.15) is 23.2 Å². The van der Waals surface area contributed by atoms with Crippen molar-refractivity contribution >= 4 is 33.6 Å². The fourth-order valence-corrected chi connectivity index (χ4v) is 4.05. The van der Waals surface area contributed by atoms with Crippen LogP contribution in [0.25, 0.3) is 0 Å². The lowest BCUT2D eigenvalue weighted by atomic mass is 10.1. The molecular weight excluding hydrogens is 326 g/mol. The number of nitrogens with zero attached hydrogens (tertiary/aromatic N) is 1. The zero-order chi connectivity index (χ0) is 13.3. The lowest BCUT2D eigenvalue weighted by Crippen LogP contribution is -2.45. The van der Waals surface area contributed by atoms with Crippen LogP contribution in [0.2, 0.25) is 0 Å². The molecule has 0 N–H and O–H groups in total. The maximum atomic E-state index is 12.4. The molecule has 2 saturated heterocycles. The highest BCUT2D eigenvalue weighted by atomic mass is 79.9. The number of hydrogen-bond acceptors (Lipinski definition) is 3. The Bertz CT molecular complexity index is 461. The molecule has 102 valence electrons. The minimum atomic E-state index is -0.00348. The number of ether oxygens (including phenoxy) is 1. The first-order valence-corrected chi connectivity index (χ1v) is 8.29. The van der Waals surface area contributed by atoms with Crippen LogP contribution in [0.3, 0.4) is 0 Å². The summed E-state index contributed by atoms with van der Waals surface area (Å²) in [6, 6.07) is 7.57. The third-order valence-electron chi connectivity index (χ3n) is 3.72. The van der Waals surface area contributed by atoms with Crippen LogP contribution >= 0.6 is 27.7 Å². The summed E-state index contributed by atoms with van der Waals surface area (Å²) in [4.78, 5) is 14.3. The van der Waals surface area contributed by atoms with Crippen molar-refractivity contribution in [2.45, 2.75) is 17.8 Å². The lowest BCUT2D eigenvalue weighted by molar-refractivity contribution is 0.00353. The Kier molecular flexibility index (Phi) is 3.87. The van der Waals surface area contributed by atoms with Crippen molar-refractivity contribution < 1.29 is 9.53 Å². The van der Waals surface area contributed by atoms with Gasteiger partial charge in [-0.05, 0) is 24.3 Å². The van der Waals surface area contributed by atoms with Crippen molar-refractivity contribution in [2.75, 3.05) is 25.4 Å². The number of likely N-dealkylation sites (tertiary alicyclic amines) is 1. The van der Waals surface area contributed by atoms with Crippen molar-refractivity contribution in [3.8, 4) is 0 Å². The average Bonchev–Trinajstić information content (AvgIpc) is 2.88. The van der Waals surface area contributed by atoms with Gasteiger partial charge in [-0.2, -0.15) is 0 Å². The molecule has 5 heteroatoms. The van der Waals surface area contributed by atoms with E-state index in [2.05, 4.69) is 15.9 Å². The van der Waals surface area contributed by atoms with Crippen molar-refractivity contribution in [3.63, 3.8) is 0 Å². The minimum absolute atomic E-state index is 0.00348. The van der Waals surface area contributed by atoms with Crippen LogP contribution in [-0.2, 0) is 4.74 Å². The molecule has 2 aliphatic heterocycles. The monoisotopic (exact) mass is 341 g/mol. The van der Waals surface area contributed by atoms with Crippen molar-refractivity contribution in [1.82, 2.24) is 4.90 Å². The number of rotatable bonds is 1. The normalized spacial score (nSPS) is 21.8. The number of carbonyl (C=O) groups excluding carboxylic acids is 1. The highest BCUT2D eigenvalue weighted by Crippen LogP contribution is 2.41. The van der Waals surface area contributed by atoms with Crippen LogP contribution in [0, 0.1) is 0 Å². The molecular formula is C14H16BrNO2S. The Hall–Kier alpha value is -0.520. The third-order valence-corrected chi connectivity index (χ3v) is 5.67. The van der Waals surface area contributed by atoms with E-state index in [1.165, 1.54) is 0 Å². The zero-order valence-electron chi connectivity index (χ0n) is 10.6. The Labute approximate surface area is 125 Å². The number of hydrogen-bond donors (Lipinski definition) is 0. The lowest BCUT2D eigenvalue weighted by Gasteiger charge is -2.37. The summed E-state index contributed by atoms with van der Waals surface area (Å²) >= 11 is 5.30. The van der Waals surface area contributed by atoms with E-state index in [-0.39, 0.29) is 10.8 Å². The summed E-state index contributed by atoms with van der Waals surface area (Å²) < 4.78 is 6.85. The van der Waals surface area contributed by atoms with Crippen LogP contribution in [0.5, 0.6) is 0 Å². The van der Waals surface area contributed by atoms with Crippen LogP contribution in [0.4, 0.5) is 0 Å². The zero-order valence-corrected chi connectivity index (χ0v) is 13.0. The minimum Gasteiger partial charge on any atom is -0.363 e.